The molecule has 0 aromatic carbocycles. The fraction of sp³-hybridized carbons (Fsp3) is 0.692. The summed E-state index contributed by atoms with van der Waals surface area (Å²) < 4.78 is 0. The van der Waals surface area contributed by atoms with Crippen LogP contribution < -0.4 is 10.6 Å². The van der Waals surface area contributed by atoms with Crippen molar-refractivity contribution in [2.45, 2.75) is 52.0 Å². The molecule has 0 aliphatic heterocycles. The number of hydrogen-bond donors (Lipinski definition) is 2. The van der Waals surface area contributed by atoms with Crippen LogP contribution in [0.3, 0.4) is 0 Å². The van der Waals surface area contributed by atoms with E-state index >= 15 is 0 Å². The van der Waals surface area contributed by atoms with Crippen LogP contribution in [-0.4, -0.2) is 22.1 Å². The molecule has 1 aliphatic rings. The van der Waals surface area contributed by atoms with Gasteiger partial charge < -0.3 is 10.6 Å². The summed E-state index contributed by atoms with van der Waals surface area (Å²) in [5.74, 6) is 1.92. The highest BCUT2D eigenvalue weighted by atomic mass is 15.1. The molecule has 2 N–H and O–H groups in total. The molecule has 17 heavy (non-hydrogen) atoms. The molecular weight excluding hydrogens is 212 g/mol. The van der Waals surface area contributed by atoms with Gasteiger partial charge in [-0.25, -0.2) is 9.97 Å². The van der Waals surface area contributed by atoms with Crippen molar-refractivity contribution in [3.63, 3.8) is 0 Å². The lowest BCUT2D eigenvalue weighted by Gasteiger charge is -2.42. The third kappa shape index (κ3) is 2.35. The van der Waals surface area contributed by atoms with Gasteiger partial charge in [0.05, 0.1) is 0 Å². The summed E-state index contributed by atoms with van der Waals surface area (Å²) in [5.41, 5.74) is 1.40. The van der Waals surface area contributed by atoms with Crippen LogP contribution in [0.1, 0.15) is 45.1 Å². The van der Waals surface area contributed by atoms with E-state index in [1.165, 1.54) is 19.3 Å². The summed E-state index contributed by atoms with van der Waals surface area (Å²) in [6.45, 7) is 7.28. The molecular formula is C13H22N4. The molecule has 94 valence electrons. The Kier molecular flexibility index (Phi) is 3.50. The van der Waals surface area contributed by atoms with Crippen molar-refractivity contribution >= 4 is 11.6 Å². The highest BCUT2D eigenvalue weighted by molar-refractivity contribution is 5.57. The van der Waals surface area contributed by atoms with Crippen LogP contribution in [0.5, 0.6) is 0 Å². The minimum absolute atomic E-state index is 0.280. The van der Waals surface area contributed by atoms with Gasteiger partial charge in [0, 0.05) is 17.6 Å². The van der Waals surface area contributed by atoms with Crippen molar-refractivity contribution < 1.29 is 0 Å². The first-order valence-electron chi connectivity index (χ1n) is 6.54. The Hall–Kier alpha value is -1.32. The Balaban J connectivity index is 2.18. The number of rotatable bonds is 5. The van der Waals surface area contributed by atoms with Crippen molar-refractivity contribution in [3.05, 3.63) is 11.9 Å². The van der Waals surface area contributed by atoms with Crippen LogP contribution >= 0.6 is 0 Å². The number of anilines is 2. The van der Waals surface area contributed by atoms with E-state index in [0.29, 0.717) is 0 Å². The first-order chi connectivity index (χ1) is 8.21. The van der Waals surface area contributed by atoms with Gasteiger partial charge in [-0.2, -0.15) is 0 Å². The lowest BCUT2D eigenvalue weighted by molar-refractivity contribution is 0.268. The molecule has 4 heteroatoms. The SMILES string of the molecule is CCNc1ncnc(NC2(CC)CCC2)c1C. The second-order valence-electron chi connectivity index (χ2n) is 4.84. The maximum Gasteiger partial charge on any atom is 0.134 e. The molecule has 1 aliphatic carbocycles. The van der Waals surface area contributed by atoms with Gasteiger partial charge in [-0.15, -0.1) is 0 Å². The Morgan fingerprint density at radius 3 is 2.47 bits per heavy atom. The zero-order valence-corrected chi connectivity index (χ0v) is 11.0. The molecule has 2 rings (SSSR count). The lowest BCUT2D eigenvalue weighted by atomic mass is 9.75. The topological polar surface area (TPSA) is 49.8 Å². The number of aromatic nitrogens is 2. The second-order valence-corrected chi connectivity index (χ2v) is 4.84. The molecule has 0 amide bonds. The summed E-state index contributed by atoms with van der Waals surface area (Å²) in [6.07, 6.45) is 6.63. The van der Waals surface area contributed by atoms with E-state index in [2.05, 4.69) is 41.4 Å². The lowest BCUT2D eigenvalue weighted by Crippen LogP contribution is -2.44. The van der Waals surface area contributed by atoms with E-state index < -0.39 is 0 Å². The maximum atomic E-state index is 4.37. The summed E-state index contributed by atoms with van der Waals surface area (Å²) in [5, 5.41) is 6.88. The molecule has 1 saturated carbocycles. The largest absolute Gasteiger partial charge is 0.370 e. The van der Waals surface area contributed by atoms with Gasteiger partial charge in [0.15, 0.2) is 0 Å². The van der Waals surface area contributed by atoms with Crippen molar-refractivity contribution in [2.24, 2.45) is 0 Å². The number of nitrogens with one attached hydrogen (secondary N) is 2. The minimum atomic E-state index is 0.280. The van der Waals surface area contributed by atoms with Crippen LogP contribution in [0.15, 0.2) is 6.33 Å². The van der Waals surface area contributed by atoms with E-state index in [4.69, 9.17) is 0 Å². The average Bonchev–Trinajstić information content (AvgIpc) is 2.28. The monoisotopic (exact) mass is 234 g/mol. The van der Waals surface area contributed by atoms with E-state index in [-0.39, 0.29) is 5.54 Å². The molecule has 1 heterocycles. The zero-order chi connectivity index (χ0) is 12.3. The standard InChI is InChI=1S/C13H22N4/c1-4-13(7-6-8-13)17-12-10(3)11(14-5-2)15-9-16-12/h9H,4-8H2,1-3H3,(H2,14,15,16,17). The van der Waals surface area contributed by atoms with Gasteiger partial charge in [-0.05, 0) is 39.5 Å². The fourth-order valence-electron chi connectivity index (χ4n) is 2.34. The molecule has 0 spiro atoms. The predicted molar refractivity (Wildman–Crippen MR) is 71.4 cm³/mol. The molecule has 1 fully saturated rings. The summed E-state index contributed by atoms with van der Waals surface area (Å²) >= 11 is 0. The minimum Gasteiger partial charge on any atom is -0.370 e. The second kappa shape index (κ2) is 4.90. The Morgan fingerprint density at radius 1 is 1.24 bits per heavy atom. The average molecular weight is 234 g/mol. The molecule has 0 atom stereocenters. The van der Waals surface area contributed by atoms with Gasteiger partial charge in [0.2, 0.25) is 0 Å². The third-order valence-electron chi connectivity index (χ3n) is 3.80. The smallest absolute Gasteiger partial charge is 0.134 e. The maximum absolute atomic E-state index is 4.37. The van der Waals surface area contributed by atoms with E-state index in [1.807, 2.05) is 0 Å². The van der Waals surface area contributed by atoms with Gasteiger partial charge >= 0.3 is 0 Å². The summed E-state index contributed by atoms with van der Waals surface area (Å²) in [7, 11) is 0. The van der Waals surface area contributed by atoms with E-state index in [1.54, 1.807) is 6.33 Å². The van der Waals surface area contributed by atoms with Gasteiger partial charge in [-0.3, -0.25) is 0 Å². The Bertz CT molecular complexity index is 379. The van der Waals surface area contributed by atoms with Crippen LogP contribution in [-0.2, 0) is 0 Å². The van der Waals surface area contributed by atoms with Crippen LogP contribution in [0, 0.1) is 6.92 Å². The molecule has 0 unspecified atom stereocenters. The molecule has 4 nitrogen and oxygen atoms in total. The number of nitrogens with zero attached hydrogens (tertiary/aromatic N) is 2. The van der Waals surface area contributed by atoms with Crippen molar-refractivity contribution in [3.8, 4) is 0 Å². The molecule has 0 radical (unpaired) electrons. The molecule has 1 aromatic heterocycles. The highest BCUT2D eigenvalue weighted by Gasteiger charge is 2.35. The van der Waals surface area contributed by atoms with Crippen molar-refractivity contribution in [1.29, 1.82) is 0 Å². The van der Waals surface area contributed by atoms with E-state index in [0.717, 1.165) is 30.2 Å². The van der Waals surface area contributed by atoms with Gasteiger partial charge in [0.1, 0.15) is 18.0 Å². The highest BCUT2D eigenvalue weighted by Crippen LogP contribution is 2.38. The predicted octanol–water partition coefficient (Wildman–Crippen LogP) is 2.96. The van der Waals surface area contributed by atoms with Crippen molar-refractivity contribution in [1.82, 2.24) is 9.97 Å². The van der Waals surface area contributed by atoms with Crippen molar-refractivity contribution in [2.75, 3.05) is 17.2 Å². The van der Waals surface area contributed by atoms with Crippen LogP contribution in [0.4, 0.5) is 11.6 Å². The molecule has 1 aromatic rings. The van der Waals surface area contributed by atoms with Crippen LogP contribution in [0.2, 0.25) is 0 Å². The zero-order valence-electron chi connectivity index (χ0n) is 11.0. The first kappa shape index (κ1) is 12.1. The number of hydrogen-bond acceptors (Lipinski definition) is 4. The quantitative estimate of drug-likeness (QED) is 0.822. The Morgan fingerprint density at radius 2 is 1.94 bits per heavy atom. The van der Waals surface area contributed by atoms with E-state index in [9.17, 15) is 0 Å². The third-order valence-corrected chi connectivity index (χ3v) is 3.80. The Labute approximate surface area is 103 Å². The normalized spacial score (nSPS) is 17.4. The van der Waals surface area contributed by atoms with Crippen LogP contribution in [0.25, 0.3) is 0 Å². The fourth-order valence-corrected chi connectivity index (χ4v) is 2.34. The first-order valence-corrected chi connectivity index (χ1v) is 6.54. The summed E-state index contributed by atoms with van der Waals surface area (Å²) in [4.78, 5) is 8.64. The summed E-state index contributed by atoms with van der Waals surface area (Å²) in [6, 6.07) is 0. The van der Waals surface area contributed by atoms with Gasteiger partial charge in [0.25, 0.3) is 0 Å². The molecule has 0 bridgehead atoms. The molecule has 0 saturated heterocycles. The van der Waals surface area contributed by atoms with Gasteiger partial charge in [-0.1, -0.05) is 6.92 Å².